The normalized spacial score (nSPS) is 12.2. The summed E-state index contributed by atoms with van der Waals surface area (Å²) in [6.45, 7) is 2.40. The van der Waals surface area contributed by atoms with E-state index < -0.39 is 0 Å². The summed E-state index contributed by atoms with van der Waals surface area (Å²) in [4.78, 5) is 12.3. The molecule has 0 aliphatic carbocycles. The van der Waals surface area contributed by atoms with Crippen LogP contribution in [0.2, 0.25) is 0 Å². The van der Waals surface area contributed by atoms with E-state index in [1.54, 1.807) is 18.8 Å². The highest BCUT2D eigenvalue weighted by Crippen LogP contribution is 2.18. The molecule has 0 aliphatic heterocycles. The number of likely N-dealkylation sites (N-methyl/N-ethyl adjacent to an activating group) is 1. The molecule has 1 aromatic rings. The third-order valence-corrected chi connectivity index (χ3v) is 3.21. The molecule has 0 aromatic heterocycles. The number of carbonyl (C=O) groups is 1. The Hall–Kier alpha value is -1.00. The van der Waals surface area contributed by atoms with Gasteiger partial charge in [-0.15, -0.1) is 11.8 Å². The molecule has 0 saturated carbocycles. The Balaban J connectivity index is 2.52. The van der Waals surface area contributed by atoms with Gasteiger partial charge in [-0.05, 0) is 30.9 Å². The monoisotopic (exact) mass is 238 g/mol. The summed E-state index contributed by atoms with van der Waals surface area (Å²) >= 11 is 1.73. The van der Waals surface area contributed by atoms with Crippen LogP contribution in [0.1, 0.15) is 18.5 Å². The highest BCUT2D eigenvalue weighted by Gasteiger charge is 2.06. The molecular formula is C12H18N2OS. The van der Waals surface area contributed by atoms with E-state index in [1.165, 1.54) is 10.5 Å². The number of hydrogen-bond donors (Lipinski definition) is 2. The van der Waals surface area contributed by atoms with E-state index in [2.05, 4.69) is 48.1 Å². The van der Waals surface area contributed by atoms with Gasteiger partial charge in [0.15, 0.2) is 0 Å². The summed E-state index contributed by atoms with van der Waals surface area (Å²) in [5.74, 6) is 0.00702. The molecule has 0 saturated heterocycles. The third kappa shape index (κ3) is 3.87. The molecule has 1 amide bonds. The fraction of sp³-hybridized carbons (Fsp3) is 0.417. The van der Waals surface area contributed by atoms with E-state index in [0.717, 1.165) is 0 Å². The number of thioether (sulfide) groups is 1. The van der Waals surface area contributed by atoms with Gasteiger partial charge >= 0.3 is 0 Å². The van der Waals surface area contributed by atoms with Crippen LogP contribution in [-0.2, 0) is 4.79 Å². The number of amides is 1. The van der Waals surface area contributed by atoms with Crippen molar-refractivity contribution in [3.63, 3.8) is 0 Å². The van der Waals surface area contributed by atoms with E-state index in [-0.39, 0.29) is 11.9 Å². The van der Waals surface area contributed by atoms with Gasteiger partial charge in [-0.1, -0.05) is 12.1 Å². The molecular weight excluding hydrogens is 220 g/mol. The maximum atomic E-state index is 11.1. The zero-order valence-electron chi connectivity index (χ0n) is 9.91. The molecule has 1 rings (SSSR count). The van der Waals surface area contributed by atoms with Crippen LogP contribution >= 0.6 is 11.8 Å². The van der Waals surface area contributed by atoms with Gasteiger partial charge in [0, 0.05) is 18.0 Å². The molecule has 1 atom stereocenters. The first-order valence-corrected chi connectivity index (χ1v) is 6.47. The Morgan fingerprint density at radius 1 is 1.38 bits per heavy atom. The largest absolute Gasteiger partial charge is 0.358 e. The summed E-state index contributed by atoms with van der Waals surface area (Å²) in [7, 11) is 1.64. The van der Waals surface area contributed by atoms with Crippen LogP contribution < -0.4 is 10.6 Å². The van der Waals surface area contributed by atoms with Crippen LogP contribution in [0.25, 0.3) is 0 Å². The SMILES string of the molecule is CNC(=O)CNC(C)c1ccc(SC)cc1. The number of hydrogen-bond acceptors (Lipinski definition) is 3. The summed E-state index contributed by atoms with van der Waals surface area (Å²) in [5.41, 5.74) is 1.20. The Morgan fingerprint density at radius 2 is 2.00 bits per heavy atom. The molecule has 1 unspecified atom stereocenters. The third-order valence-electron chi connectivity index (χ3n) is 2.46. The topological polar surface area (TPSA) is 41.1 Å². The van der Waals surface area contributed by atoms with E-state index in [0.29, 0.717) is 6.54 Å². The maximum Gasteiger partial charge on any atom is 0.233 e. The van der Waals surface area contributed by atoms with Crippen molar-refractivity contribution in [2.45, 2.75) is 17.9 Å². The van der Waals surface area contributed by atoms with Gasteiger partial charge in [0.1, 0.15) is 0 Å². The Kier molecular flexibility index (Phi) is 5.35. The van der Waals surface area contributed by atoms with Crippen LogP contribution in [-0.4, -0.2) is 25.8 Å². The van der Waals surface area contributed by atoms with Crippen molar-refractivity contribution in [2.75, 3.05) is 19.8 Å². The smallest absolute Gasteiger partial charge is 0.233 e. The van der Waals surface area contributed by atoms with E-state index in [4.69, 9.17) is 0 Å². The Morgan fingerprint density at radius 3 is 2.50 bits per heavy atom. The van der Waals surface area contributed by atoms with Crippen molar-refractivity contribution in [2.24, 2.45) is 0 Å². The van der Waals surface area contributed by atoms with Gasteiger partial charge in [-0.3, -0.25) is 4.79 Å². The van der Waals surface area contributed by atoms with E-state index >= 15 is 0 Å². The summed E-state index contributed by atoms with van der Waals surface area (Å²) in [6, 6.07) is 8.56. The lowest BCUT2D eigenvalue weighted by molar-refractivity contribution is -0.119. The van der Waals surface area contributed by atoms with Crippen molar-refractivity contribution < 1.29 is 4.79 Å². The number of benzene rings is 1. The Labute approximate surface area is 101 Å². The molecule has 0 radical (unpaired) electrons. The lowest BCUT2D eigenvalue weighted by atomic mass is 10.1. The Bertz CT molecular complexity index is 337. The second-order valence-electron chi connectivity index (χ2n) is 3.55. The highest BCUT2D eigenvalue weighted by molar-refractivity contribution is 7.98. The lowest BCUT2D eigenvalue weighted by Gasteiger charge is -2.13. The van der Waals surface area contributed by atoms with Crippen molar-refractivity contribution in [3.8, 4) is 0 Å². The first-order valence-electron chi connectivity index (χ1n) is 5.25. The molecule has 0 spiro atoms. The molecule has 0 heterocycles. The summed E-state index contributed by atoms with van der Waals surface area (Å²) < 4.78 is 0. The number of rotatable bonds is 5. The standard InChI is InChI=1S/C12H18N2OS/c1-9(14-8-12(15)13-2)10-4-6-11(16-3)7-5-10/h4-7,9,14H,8H2,1-3H3,(H,13,15). The van der Waals surface area contributed by atoms with Crippen molar-refractivity contribution >= 4 is 17.7 Å². The average Bonchev–Trinajstić information content (AvgIpc) is 2.35. The minimum atomic E-state index is 0.00702. The lowest BCUT2D eigenvalue weighted by Crippen LogP contribution is -2.32. The zero-order chi connectivity index (χ0) is 12.0. The second kappa shape index (κ2) is 6.55. The first-order chi connectivity index (χ1) is 7.67. The van der Waals surface area contributed by atoms with Gasteiger partial charge in [0.05, 0.1) is 6.54 Å². The fourth-order valence-corrected chi connectivity index (χ4v) is 1.75. The van der Waals surface area contributed by atoms with Gasteiger partial charge in [0.2, 0.25) is 5.91 Å². The number of carbonyl (C=O) groups excluding carboxylic acids is 1. The predicted molar refractivity (Wildman–Crippen MR) is 68.7 cm³/mol. The van der Waals surface area contributed by atoms with Crippen LogP contribution in [0.5, 0.6) is 0 Å². The van der Waals surface area contributed by atoms with Crippen molar-refractivity contribution in [1.82, 2.24) is 10.6 Å². The zero-order valence-corrected chi connectivity index (χ0v) is 10.7. The highest BCUT2D eigenvalue weighted by atomic mass is 32.2. The van der Waals surface area contributed by atoms with E-state index in [1.807, 2.05) is 0 Å². The van der Waals surface area contributed by atoms with Crippen molar-refractivity contribution in [3.05, 3.63) is 29.8 Å². The van der Waals surface area contributed by atoms with Gasteiger partial charge < -0.3 is 10.6 Å². The van der Waals surface area contributed by atoms with Crippen LogP contribution in [0.4, 0.5) is 0 Å². The minimum absolute atomic E-state index is 0.00702. The molecule has 88 valence electrons. The van der Waals surface area contributed by atoms with Crippen molar-refractivity contribution in [1.29, 1.82) is 0 Å². The summed E-state index contributed by atoms with van der Waals surface area (Å²) in [6.07, 6.45) is 2.06. The molecule has 0 bridgehead atoms. The molecule has 16 heavy (non-hydrogen) atoms. The summed E-state index contributed by atoms with van der Waals surface area (Å²) in [5, 5.41) is 5.75. The molecule has 0 aliphatic rings. The molecule has 4 heteroatoms. The molecule has 1 aromatic carbocycles. The molecule has 3 nitrogen and oxygen atoms in total. The average molecular weight is 238 g/mol. The molecule has 2 N–H and O–H groups in total. The maximum absolute atomic E-state index is 11.1. The van der Waals surface area contributed by atoms with Gasteiger partial charge in [-0.25, -0.2) is 0 Å². The quantitative estimate of drug-likeness (QED) is 0.769. The molecule has 0 fully saturated rings. The first kappa shape index (κ1) is 13.1. The van der Waals surface area contributed by atoms with Gasteiger partial charge in [-0.2, -0.15) is 0 Å². The van der Waals surface area contributed by atoms with Crippen LogP contribution in [0, 0.1) is 0 Å². The fourth-order valence-electron chi connectivity index (χ4n) is 1.34. The van der Waals surface area contributed by atoms with Crippen LogP contribution in [0.15, 0.2) is 29.2 Å². The van der Waals surface area contributed by atoms with Gasteiger partial charge in [0.25, 0.3) is 0 Å². The minimum Gasteiger partial charge on any atom is -0.358 e. The van der Waals surface area contributed by atoms with Crippen LogP contribution in [0.3, 0.4) is 0 Å². The number of nitrogens with one attached hydrogen (secondary N) is 2. The van der Waals surface area contributed by atoms with E-state index in [9.17, 15) is 4.79 Å². The predicted octanol–water partition coefficient (Wildman–Crippen LogP) is 1.81. The second-order valence-corrected chi connectivity index (χ2v) is 4.43.